The SMILES string of the molecule is COc1ccc([C@@H]2[C@@H]3C(=O)c4ccccc4[C@]3(O)[C@](O)(c3ccc(OC)cc3)[C@H]2c2ccc(OC)cc2)cc1. The van der Waals surface area contributed by atoms with Crippen molar-refractivity contribution in [3.8, 4) is 17.2 Å². The van der Waals surface area contributed by atoms with E-state index >= 15 is 0 Å². The summed E-state index contributed by atoms with van der Waals surface area (Å²) < 4.78 is 16.2. The minimum absolute atomic E-state index is 0.183. The Labute approximate surface area is 227 Å². The summed E-state index contributed by atoms with van der Waals surface area (Å²) in [4.78, 5) is 14.2. The van der Waals surface area contributed by atoms with Crippen LogP contribution in [-0.2, 0) is 11.2 Å². The van der Waals surface area contributed by atoms with Crippen molar-refractivity contribution < 1.29 is 29.2 Å². The Balaban J connectivity index is 1.67. The van der Waals surface area contributed by atoms with E-state index in [1.807, 2.05) is 48.5 Å². The smallest absolute Gasteiger partial charge is 0.170 e. The van der Waals surface area contributed by atoms with Gasteiger partial charge in [0.25, 0.3) is 0 Å². The van der Waals surface area contributed by atoms with Crippen molar-refractivity contribution in [2.45, 2.75) is 23.0 Å². The Morgan fingerprint density at radius 1 is 0.590 bits per heavy atom. The van der Waals surface area contributed by atoms with E-state index in [1.54, 1.807) is 69.9 Å². The summed E-state index contributed by atoms with van der Waals surface area (Å²) in [5, 5.41) is 26.0. The Morgan fingerprint density at radius 2 is 1.08 bits per heavy atom. The molecule has 39 heavy (non-hydrogen) atoms. The summed E-state index contributed by atoms with van der Waals surface area (Å²) in [6, 6.07) is 29.1. The zero-order chi connectivity index (χ0) is 27.4. The van der Waals surface area contributed by atoms with Gasteiger partial charge in [-0.25, -0.2) is 0 Å². The van der Waals surface area contributed by atoms with E-state index in [-0.39, 0.29) is 5.78 Å². The number of carbonyl (C=O) groups is 1. The van der Waals surface area contributed by atoms with Crippen LogP contribution in [-0.4, -0.2) is 37.3 Å². The number of hydrogen-bond acceptors (Lipinski definition) is 6. The molecule has 0 bridgehead atoms. The van der Waals surface area contributed by atoms with E-state index in [0.717, 1.165) is 11.1 Å². The third kappa shape index (κ3) is 3.45. The minimum atomic E-state index is -1.90. The van der Waals surface area contributed by atoms with Gasteiger partial charge in [0.2, 0.25) is 0 Å². The highest BCUT2D eigenvalue weighted by Crippen LogP contribution is 2.70. The molecule has 2 aliphatic rings. The fourth-order valence-corrected chi connectivity index (χ4v) is 6.83. The summed E-state index contributed by atoms with van der Waals surface area (Å²) in [6.07, 6.45) is 0. The Hall–Kier alpha value is -4.13. The molecule has 0 radical (unpaired) electrons. The number of aliphatic hydroxyl groups is 2. The summed E-state index contributed by atoms with van der Waals surface area (Å²) in [7, 11) is 4.78. The van der Waals surface area contributed by atoms with Crippen LogP contribution in [0.25, 0.3) is 0 Å². The normalized spacial score (nSPS) is 27.1. The van der Waals surface area contributed by atoms with Crippen molar-refractivity contribution in [3.63, 3.8) is 0 Å². The number of hydrogen-bond donors (Lipinski definition) is 2. The van der Waals surface area contributed by atoms with Crippen LogP contribution in [0.4, 0.5) is 0 Å². The van der Waals surface area contributed by atoms with Crippen LogP contribution in [0.1, 0.15) is 44.4 Å². The lowest BCUT2D eigenvalue weighted by atomic mass is 9.69. The Morgan fingerprint density at radius 3 is 1.62 bits per heavy atom. The summed E-state index contributed by atoms with van der Waals surface area (Å²) in [6.45, 7) is 0. The average molecular weight is 523 g/mol. The third-order valence-corrected chi connectivity index (χ3v) is 8.59. The molecule has 1 fully saturated rings. The molecule has 0 saturated heterocycles. The van der Waals surface area contributed by atoms with Crippen molar-refractivity contribution in [2.24, 2.45) is 5.92 Å². The second kappa shape index (κ2) is 9.26. The maximum Gasteiger partial charge on any atom is 0.170 e. The van der Waals surface area contributed by atoms with E-state index in [1.165, 1.54) is 0 Å². The van der Waals surface area contributed by atoms with E-state index in [4.69, 9.17) is 14.2 Å². The first-order chi connectivity index (χ1) is 18.9. The molecule has 0 aromatic heterocycles. The molecule has 2 aliphatic carbocycles. The zero-order valence-corrected chi connectivity index (χ0v) is 22.0. The number of Topliss-reactive ketones (excluding diaryl/α,β-unsaturated/α-hetero) is 1. The molecule has 0 aliphatic heterocycles. The predicted molar refractivity (Wildman–Crippen MR) is 147 cm³/mol. The van der Waals surface area contributed by atoms with Crippen LogP contribution in [0.2, 0.25) is 0 Å². The standard InChI is InChI=1S/C33H30O6/c1-37-23-14-8-20(9-15-23)28-29(21-10-16-24(38-2)17-11-21)32(35,22-12-18-25(39-3)19-13-22)33(36)27-7-5-4-6-26(27)31(34)30(28)33/h4-19,28-30,35-36H,1-3H3/t28-,29-,30+,32-,33+/m0/s1. The molecular formula is C33H30O6. The van der Waals surface area contributed by atoms with Gasteiger partial charge in [0, 0.05) is 17.4 Å². The van der Waals surface area contributed by atoms with Gasteiger partial charge in [-0.3, -0.25) is 4.79 Å². The van der Waals surface area contributed by atoms with Crippen LogP contribution in [0.15, 0.2) is 97.1 Å². The van der Waals surface area contributed by atoms with Crippen molar-refractivity contribution in [1.29, 1.82) is 0 Å². The maximum atomic E-state index is 14.2. The van der Waals surface area contributed by atoms with Gasteiger partial charge < -0.3 is 24.4 Å². The summed E-state index contributed by atoms with van der Waals surface area (Å²) in [5.74, 6) is -0.372. The summed E-state index contributed by atoms with van der Waals surface area (Å²) in [5.41, 5.74) is -0.794. The highest BCUT2D eigenvalue weighted by Gasteiger charge is 2.75. The molecule has 5 atom stereocenters. The first-order valence-corrected chi connectivity index (χ1v) is 12.9. The number of fused-ring (bicyclic) bond motifs is 3. The fourth-order valence-electron chi connectivity index (χ4n) is 6.83. The van der Waals surface area contributed by atoms with Crippen LogP contribution in [0.3, 0.4) is 0 Å². The van der Waals surface area contributed by atoms with Crippen LogP contribution >= 0.6 is 0 Å². The molecule has 0 unspecified atom stereocenters. The zero-order valence-electron chi connectivity index (χ0n) is 22.0. The number of rotatable bonds is 6. The van der Waals surface area contributed by atoms with Crippen LogP contribution in [0.5, 0.6) is 17.2 Å². The van der Waals surface area contributed by atoms with Crippen molar-refractivity contribution in [1.82, 2.24) is 0 Å². The molecule has 0 amide bonds. The largest absolute Gasteiger partial charge is 0.497 e. The Bertz CT molecular complexity index is 1510. The Kier molecular flexibility index (Phi) is 5.97. The number of ether oxygens (including phenoxy) is 3. The van der Waals surface area contributed by atoms with Gasteiger partial charge in [0.05, 0.1) is 27.2 Å². The second-order valence-corrected chi connectivity index (χ2v) is 10.2. The third-order valence-electron chi connectivity index (χ3n) is 8.59. The molecular weight excluding hydrogens is 492 g/mol. The number of carbonyl (C=O) groups excluding carboxylic acids is 1. The molecule has 198 valence electrons. The van der Waals surface area contributed by atoms with Crippen LogP contribution in [0, 0.1) is 5.92 Å². The molecule has 4 aromatic carbocycles. The van der Waals surface area contributed by atoms with Crippen molar-refractivity contribution >= 4 is 5.78 Å². The average Bonchev–Trinajstić information content (AvgIpc) is 3.36. The van der Waals surface area contributed by atoms with Gasteiger partial charge in [-0.15, -0.1) is 0 Å². The van der Waals surface area contributed by atoms with Gasteiger partial charge in [-0.2, -0.15) is 0 Å². The minimum Gasteiger partial charge on any atom is -0.497 e. The first kappa shape index (κ1) is 25.2. The maximum absolute atomic E-state index is 14.2. The van der Waals surface area contributed by atoms with E-state index in [0.29, 0.717) is 33.9 Å². The highest BCUT2D eigenvalue weighted by atomic mass is 16.5. The summed E-state index contributed by atoms with van der Waals surface area (Å²) >= 11 is 0. The molecule has 6 heteroatoms. The van der Waals surface area contributed by atoms with Gasteiger partial charge in [0.15, 0.2) is 5.78 Å². The molecule has 0 spiro atoms. The lowest BCUT2D eigenvalue weighted by Gasteiger charge is -2.42. The van der Waals surface area contributed by atoms with E-state index in [2.05, 4.69) is 0 Å². The van der Waals surface area contributed by atoms with E-state index in [9.17, 15) is 15.0 Å². The number of ketones is 1. The molecule has 6 rings (SSSR count). The van der Waals surface area contributed by atoms with Gasteiger partial charge in [-0.05, 0) is 58.7 Å². The van der Waals surface area contributed by atoms with Crippen molar-refractivity contribution in [3.05, 3.63) is 125 Å². The lowest BCUT2D eigenvalue weighted by Crippen LogP contribution is -2.49. The first-order valence-electron chi connectivity index (χ1n) is 12.9. The number of methoxy groups -OCH3 is 3. The number of benzene rings is 4. The fraction of sp³-hybridized carbons (Fsp3) is 0.242. The van der Waals surface area contributed by atoms with E-state index < -0.39 is 29.0 Å². The molecule has 4 aromatic rings. The predicted octanol–water partition coefficient (Wildman–Crippen LogP) is 5.18. The van der Waals surface area contributed by atoms with Crippen molar-refractivity contribution in [2.75, 3.05) is 21.3 Å². The quantitative estimate of drug-likeness (QED) is 0.363. The van der Waals surface area contributed by atoms with Gasteiger partial charge >= 0.3 is 0 Å². The second-order valence-electron chi connectivity index (χ2n) is 10.2. The molecule has 2 N–H and O–H groups in total. The monoisotopic (exact) mass is 522 g/mol. The molecule has 0 heterocycles. The van der Waals surface area contributed by atoms with Crippen LogP contribution < -0.4 is 14.2 Å². The lowest BCUT2D eigenvalue weighted by molar-refractivity contribution is -0.159. The van der Waals surface area contributed by atoms with Gasteiger partial charge in [-0.1, -0.05) is 60.7 Å². The molecule has 6 nitrogen and oxygen atoms in total. The van der Waals surface area contributed by atoms with Gasteiger partial charge in [0.1, 0.15) is 28.5 Å². The molecule has 1 saturated carbocycles. The topological polar surface area (TPSA) is 85.2 Å². The highest BCUT2D eigenvalue weighted by molar-refractivity contribution is 6.05.